The second-order valence-electron chi connectivity index (χ2n) is 6.16. The van der Waals surface area contributed by atoms with Crippen LogP contribution in [0.1, 0.15) is 40.0 Å². The molecule has 0 bridgehead atoms. The van der Waals surface area contributed by atoms with E-state index >= 15 is 0 Å². The largest absolute Gasteiger partial charge is 0.444 e. The number of carbonyl (C=O) groups excluding carboxylic acids is 1. The van der Waals surface area contributed by atoms with Crippen LogP contribution < -0.4 is 0 Å². The molecule has 1 aliphatic heterocycles. The number of amides is 1. The Morgan fingerprint density at radius 1 is 1.44 bits per heavy atom. The van der Waals surface area contributed by atoms with Gasteiger partial charge in [0.1, 0.15) is 5.60 Å². The van der Waals surface area contributed by atoms with Crippen molar-refractivity contribution in [2.75, 3.05) is 13.1 Å². The maximum Gasteiger partial charge on any atom is 0.410 e. The molecule has 2 aliphatic rings. The molecule has 1 spiro atoms. The highest BCUT2D eigenvalue weighted by Crippen LogP contribution is 2.51. The van der Waals surface area contributed by atoms with Crippen molar-refractivity contribution in [2.45, 2.75) is 49.6 Å². The van der Waals surface area contributed by atoms with E-state index in [1.165, 1.54) is 12.8 Å². The second-order valence-corrected chi connectivity index (χ2v) is 7.92. The van der Waals surface area contributed by atoms with Crippen LogP contribution in [-0.2, 0) is 4.74 Å². The zero-order chi connectivity index (χ0) is 12.0. The molecule has 1 saturated heterocycles. The molecule has 4 heteroatoms. The third-order valence-electron chi connectivity index (χ3n) is 3.40. The summed E-state index contributed by atoms with van der Waals surface area (Å²) < 4.78 is 6.21. The van der Waals surface area contributed by atoms with Gasteiger partial charge in [-0.15, -0.1) is 0 Å². The Morgan fingerprint density at radius 3 is 2.56 bits per heavy atom. The van der Waals surface area contributed by atoms with E-state index in [1.54, 1.807) is 0 Å². The Kier molecular flexibility index (Phi) is 3.14. The smallest absolute Gasteiger partial charge is 0.410 e. The molecule has 0 aromatic rings. The fourth-order valence-corrected chi connectivity index (χ4v) is 4.50. The summed E-state index contributed by atoms with van der Waals surface area (Å²) >= 11 is 2.50. The van der Waals surface area contributed by atoms with Crippen LogP contribution in [0.4, 0.5) is 4.79 Å². The van der Waals surface area contributed by atoms with Crippen molar-refractivity contribution >= 4 is 28.7 Å². The fraction of sp³-hybridized carbons (Fsp3) is 0.917. The molecule has 0 radical (unpaired) electrons. The van der Waals surface area contributed by atoms with Crippen LogP contribution in [-0.4, -0.2) is 33.6 Å². The van der Waals surface area contributed by atoms with E-state index < -0.39 is 0 Å². The van der Waals surface area contributed by atoms with Crippen molar-refractivity contribution < 1.29 is 9.53 Å². The lowest BCUT2D eigenvalue weighted by atomic mass is 9.68. The van der Waals surface area contributed by atoms with Crippen LogP contribution in [0.3, 0.4) is 0 Å². The highest BCUT2D eigenvalue weighted by molar-refractivity contribution is 14.1. The van der Waals surface area contributed by atoms with Crippen molar-refractivity contribution in [2.24, 2.45) is 5.41 Å². The van der Waals surface area contributed by atoms with Crippen LogP contribution in [0, 0.1) is 5.41 Å². The van der Waals surface area contributed by atoms with E-state index in [4.69, 9.17) is 4.74 Å². The predicted octanol–water partition coefficient (Wildman–Crippen LogP) is 3.21. The normalized spacial score (nSPS) is 34.0. The Bertz CT molecular complexity index is 292. The lowest BCUT2D eigenvalue weighted by Gasteiger charge is -2.42. The molecule has 1 saturated carbocycles. The van der Waals surface area contributed by atoms with Crippen LogP contribution in [0.2, 0.25) is 0 Å². The maximum absolute atomic E-state index is 11.9. The molecule has 0 aromatic heterocycles. The summed E-state index contributed by atoms with van der Waals surface area (Å²) in [6.45, 7) is 7.53. The molecule has 0 unspecified atom stereocenters. The van der Waals surface area contributed by atoms with Gasteiger partial charge in [0, 0.05) is 17.0 Å². The first-order valence-electron chi connectivity index (χ1n) is 5.92. The summed E-state index contributed by atoms with van der Waals surface area (Å²) in [4.78, 5) is 13.8. The standard InChI is InChI=1S/C12H20INO2/c1-11(2,3)16-10(15)14-5-4-12(8-14)6-9(13)7-12/h9H,4-8H2,1-3H3. The van der Waals surface area contributed by atoms with E-state index in [-0.39, 0.29) is 11.7 Å². The minimum atomic E-state index is -0.377. The first-order valence-corrected chi connectivity index (χ1v) is 7.16. The highest BCUT2D eigenvalue weighted by Gasteiger charge is 2.49. The van der Waals surface area contributed by atoms with Gasteiger partial charge in [-0.2, -0.15) is 0 Å². The fourth-order valence-electron chi connectivity index (χ4n) is 2.63. The minimum Gasteiger partial charge on any atom is -0.444 e. The average molecular weight is 337 g/mol. The number of hydrogen-bond donors (Lipinski definition) is 0. The Hall–Kier alpha value is 0. The first kappa shape index (κ1) is 12.5. The van der Waals surface area contributed by atoms with Gasteiger partial charge in [-0.05, 0) is 45.4 Å². The average Bonchev–Trinajstić information content (AvgIpc) is 2.45. The molecule has 0 N–H and O–H groups in total. The summed E-state index contributed by atoms with van der Waals surface area (Å²) in [5.41, 5.74) is 0.0566. The van der Waals surface area contributed by atoms with Crippen molar-refractivity contribution in [3.63, 3.8) is 0 Å². The molecule has 1 heterocycles. The predicted molar refractivity (Wildman–Crippen MR) is 71.9 cm³/mol. The molecule has 2 fully saturated rings. The zero-order valence-corrected chi connectivity index (χ0v) is 12.4. The Labute approximate surface area is 111 Å². The molecule has 3 nitrogen and oxygen atoms in total. The van der Waals surface area contributed by atoms with Gasteiger partial charge in [-0.1, -0.05) is 22.6 Å². The van der Waals surface area contributed by atoms with Crippen LogP contribution in [0.15, 0.2) is 0 Å². The van der Waals surface area contributed by atoms with Crippen molar-refractivity contribution in [3.05, 3.63) is 0 Å². The number of rotatable bonds is 0. The highest BCUT2D eigenvalue weighted by atomic mass is 127. The van der Waals surface area contributed by atoms with E-state index in [1.807, 2.05) is 25.7 Å². The summed E-state index contributed by atoms with van der Waals surface area (Å²) in [7, 11) is 0. The number of carbonyl (C=O) groups is 1. The maximum atomic E-state index is 11.9. The van der Waals surface area contributed by atoms with Crippen LogP contribution in [0.5, 0.6) is 0 Å². The molecule has 0 aromatic carbocycles. The van der Waals surface area contributed by atoms with Crippen molar-refractivity contribution in [3.8, 4) is 0 Å². The molecule has 16 heavy (non-hydrogen) atoms. The van der Waals surface area contributed by atoms with E-state index in [9.17, 15) is 4.79 Å². The van der Waals surface area contributed by atoms with Crippen molar-refractivity contribution in [1.82, 2.24) is 4.90 Å². The second kappa shape index (κ2) is 4.03. The molecular formula is C12H20INO2. The quantitative estimate of drug-likeness (QED) is 0.502. The first-order chi connectivity index (χ1) is 7.30. The lowest BCUT2D eigenvalue weighted by Crippen LogP contribution is -2.42. The summed E-state index contributed by atoms with van der Waals surface area (Å²) in [6, 6.07) is 0. The minimum absolute atomic E-state index is 0.138. The molecule has 1 aliphatic carbocycles. The third kappa shape index (κ3) is 2.63. The van der Waals surface area contributed by atoms with Gasteiger partial charge in [0.25, 0.3) is 0 Å². The summed E-state index contributed by atoms with van der Waals surface area (Å²) in [5, 5.41) is 0. The monoisotopic (exact) mass is 337 g/mol. The van der Waals surface area contributed by atoms with Gasteiger partial charge in [0.05, 0.1) is 0 Å². The lowest BCUT2D eigenvalue weighted by molar-refractivity contribution is 0.0250. The van der Waals surface area contributed by atoms with E-state index in [2.05, 4.69) is 22.6 Å². The van der Waals surface area contributed by atoms with Crippen molar-refractivity contribution in [1.29, 1.82) is 0 Å². The molecular weight excluding hydrogens is 317 g/mol. The van der Waals surface area contributed by atoms with Crippen LogP contribution in [0.25, 0.3) is 0 Å². The Morgan fingerprint density at radius 2 is 2.06 bits per heavy atom. The van der Waals surface area contributed by atoms with Gasteiger partial charge < -0.3 is 9.64 Å². The molecule has 92 valence electrons. The van der Waals surface area contributed by atoms with Gasteiger partial charge in [-0.25, -0.2) is 4.79 Å². The summed E-state index contributed by atoms with van der Waals surface area (Å²) in [6.07, 6.45) is 3.56. The number of nitrogens with zero attached hydrogens (tertiary/aromatic N) is 1. The number of ether oxygens (including phenoxy) is 1. The van der Waals surface area contributed by atoms with Gasteiger partial charge in [-0.3, -0.25) is 0 Å². The third-order valence-corrected chi connectivity index (χ3v) is 4.28. The van der Waals surface area contributed by atoms with Gasteiger partial charge in [0.15, 0.2) is 0 Å². The molecule has 1 amide bonds. The zero-order valence-electron chi connectivity index (χ0n) is 10.3. The molecule has 2 rings (SSSR count). The molecule has 0 atom stereocenters. The SMILES string of the molecule is CC(C)(C)OC(=O)N1CCC2(CC(I)C2)C1. The Balaban J connectivity index is 1.87. The van der Waals surface area contributed by atoms with Gasteiger partial charge in [0.2, 0.25) is 0 Å². The number of hydrogen-bond acceptors (Lipinski definition) is 2. The number of alkyl halides is 1. The summed E-state index contributed by atoms with van der Waals surface area (Å²) in [5.74, 6) is 0. The van der Waals surface area contributed by atoms with E-state index in [0.29, 0.717) is 5.41 Å². The number of likely N-dealkylation sites (tertiary alicyclic amines) is 1. The number of halogens is 1. The topological polar surface area (TPSA) is 29.5 Å². The van der Waals surface area contributed by atoms with Crippen LogP contribution >= 0.6 is 22.6 Å². The van der Waals surface area contributed by atoms with Gasteiger partial charge >= 0.3 is 6.09 Å². The van der Waals surface area contributed by atoms with E-state index in [0.717, 1.165) is 23.4 Å².